The number of rotatable bonds is 5. The first kappa shape index (κ1) is 19.7. The molecule has 0 bridgehead atoms. The molecule has 0 radical (unpaired) electrons. The Balaban J connectivity index is 1.60. The summed E-state index contributed by atoms with van der Waals surface area (Å²) in [5.74, 6) is 1.91. The summed E-state index contributed by atoms with van der Waals surface area (Å²) in [5.41, 5.74) is 4.52. The van der Waals surface area contributed by atoms with E-state index in [1.807, 2.05) is 76.2 Å². The number of hydrogen-bond donors (Lipinski definition) is 1. The molecule has 30 heavy (non-hydrogen) atoms. The smallest absolute Gasteiger partial charge is 0.215 e. The number of nitrogens with one attached hydrogen (secondary N) is 1. The second kappa shape index (κ2) is 8.03. The van der Waals surface area contributed by atoms with Crippen molar-refractivity contribution in [1.29, 1.82) is 0 Å². The number of aromatic nitrogens is 2. The van der Waals surface area contributed by atoms with Gasteiger partial charge in [-0.15, -0.1) is 0 Å². The highest BCUT2D eigenvalue weighted by molar-refractivity contribution is 5.79. The zero-order chi connectivity index (χ0) is 21.1. The van der Waals surface area contributed by atoms with Crippen molar-refractivity contribution in [2.24, 2.45) is 0 Å². The van der Waals surface area contributed by atoms with Crippen molar-refractivity contribution in [2.75, 3.05) is 5.32 Å². The molecule has 5 heteroatoms. The Morgan fingerprint density at radius 1 is 0.800 bits per heavy atom. The monoisotopic (exact) mass is 399 g/mol. The lowest BCUT2D eigenvalue weighted by atomic mass is 10.0. The lowest BCUT2D eigenvalue weighted by molar-refractivity contribution is 0.124. The highest BCUT2D eigenvalue weighted by Crippen LogP contribution is 2.34. The second-order valence-corrected chi connectivity index (χ2v) is 8.12. The molecular weight excluding hydrogens is 374 g/mol. The van der Waals surface area contributed by atoms with Crippen LogP contribution in [0.15, 0.2) is 77.3 Å². The second-order valence-electron chi connectivity index (χ2n) is 8.12. The Hall–Kier alpha value is -3.60. The first-order chi connectivity index (χ1) is 14.4. The number of hydrogen-bond acceptors (Lipinski definition) is 5. The quantitative estimate of drug-likeness (QED) is 0.408. The molecule has 2 heterocycles. The van der Waals surface area contributed by atoms with Crippen molar-refractivity contribution in [3.05, 3.63) is 78.5 Å². The Morgan fingerprint density at radius 2 is 1.47 bits per heavy atom. The largest absolute Gasteiger partial charge is 0.472 e. The molecule has 0 amide bonds. The summed E-state index contributed by atoms with van der Waals surface area (Å²) < 4.78 is 11.5. The Morgan fingerprint density at radius 3 is 2.17 bits per heavy atom. The van der Waals surface area contributed by atoms with Crippen molar-refractivity contribution < 1.29 is 9.26 Å². The Labute approximate surface area is 176 Å². The van der Waals surface area contributed by atoms with Gasteiger partial charge >= 0.3 is 0 Å². The average Bonchev–Trinajstić information content (AvgIpc) is 3.08. The summed E-state index contributed by atoms with van der Waals surface area (Å²) in [6.45, 7) is 7.89. The van der Waals surface area contributed by atoms with Crippen molar-refractivity contribution >= 4 is 11.5 Å². The number of nitrogens with zero attached hydrogens (tertiary/aromatic N) is 2. The minimum atomic E-state index is -0.315. The number of ether oxygens (including phenoxy) is 1. The van der Waals surface area contributed by atoms with E-state index in [0.717, 1.165) is 22.5 Å². The molecular formula is C25H25N3O2. The Kier molecular flexibility index (Phi) is 5.27. The number of benzene rings is 2. The van der Waals surface area contributed by atoms with Gasteiger partial charge in [-0.1, -0.05) is 65.8 Å². The number of pyridine rings is 1. The lowest BCUT2D eigenvalue weighted by Crippen LogP contribution is -2.23. The van der Waals surface area contributed by atoms with Crippen molar-refractivity contribution in [3.8, 4) is 28.3 Å². The molecule has 1 N–H and O–H groups in total. The highest BCUT2D eigenvalue weighted by Gasteiger charge is 2.17. The molecule has 2 aromatic heterocycles. The van der Waals surface area contributed by atoms with Gasteiger partial charge in [0.2, 0.25) is 5.88 Å². The van der Waals surface area contributed by atoms with Crippen LogP contribution in [0.4, 0.5) is 11.5 Å². The first-order valence-corrected chi connectivity index (χ1v) is 9.94. The summed E-state index contributed by atoms with van der Waals surface area (Å²) in [6, 6.07) is 24.2. The fourth-order valence-electron chi connectivity index (χ4n) is 3.14. The molecule has 4 rings (SSSR count). The van der Waals surface area contributed by atoms with E-state index in [0.29, 0.717) is 17.5 Å². The molecule has 0 saturated heterocycles. The molecule has 0 unspecified atom stereocenters. The molecule has 152 valence electrons. The van der Waals surface area contributed by atoms with Crippen LogP contribution in [0, 0.1) is 6.92 Å². The van der Waals surface area contributed by atoms with Crippen LogP contribution in [-0.4, -0.2) is 15.7 Å². The van der Waals surface area contributed by atoms with Crippen LogP contribution in [0.1, 0.15) is 26.5 Å². The van der Waals surface area contributed by atoms with Crippen LogP contribution in [0.25, 0.3) is 22.5 Å². The van der Waals surface area contributed by atoms with Crippen LogP contribution >= 0.6 is 0 Å². The van der Waals surface area contributed by atoms with E-state index < -0.39 is 0 Å². The normalized spacial score (nSPS) is 11.3. The van der Waals surface area contributed by atoms with Gasteiger partial charge in [0.15, 0.2) is 5.76 Å². The first-order valence-electron chi connectivity index (χ1n) is 9.94. The minimum Gasteiger partial charge on any atom is -0.472 e. The molecule has 0 saturated carbocycles. The SMILES string of the molecule is Cc1noc(-c2ccc(-c3ccccc3)cc2)c1Nc1cccc(OC(C)(C)C)n1. The summed E-state index contributed by atoms with van der Waals surface area (Å²) in [7, 11) is 0. The van der Waals surface area contributed by atoms with E-state index in [2.05, 4.69) is 39.7 Å². The lowest BCUT2D eigenvalue weighted by Gasteiger charge is -2.20. The summed E-state index contributed by atoms with van der Waals surface area (Å²) >= 11 is 0. The molecule has 0 aliphatic rings. The molecule has 0 spiro atoms. The predicted molar refractivity (Wildman–Crippen MR) is 120 cm³/mol. The zero-order valence-corrected chi connectivity index (χ0v) is 17.6. The van der Waals surface area contributed by atoms with Gasteiger partial charge in [-0.05, 0) is 44.9 Å². The van der Waals surface area contributed by atoms with Crippen LogP contribution in [0.2, 0.25) is 0 Å². The highest BCUT2D eigenvalue weighted by atomic mass is 16.5. The van der Waals surface area contributed by atoms with E-state index in [1.54, 1.807) is 0 Å². The van der Waals surface area contributed by atoms with Gasteiger partial charge < -0.3 is 14.6 Å². The molecule has 2 aromatic carbocycles. The van der Waals surface area contributed by atoms with Crippen molar-refractivity contribution in [2.45, 2.75) is 33.3 Å². The third-order valence-corrected chi connectivity index (χ3v) is 4.50. The maximum Gasteiger partial charge on any atom is 0.215 e. The maximum atomic E-state index is 5.87. The third-order valence-electron chi connectivity index (χ3n) is 4.50. The predicted octanol–water partition coefficient (Wildman–Crippen LogP) is 6.63. The van der Waals surface area contributed by atoms with Crippen LogP contribution in [0.5, 0.6) is 5.88 Å². The van der Waals surface area contributed by atoms with E-state index >= 15 is 0 Å². The van der Waals surface area contributed by atoms with Gasteiger partial charge in [-0.25, -0.2) is 0 Å². The van der Waals surface area contributed by atoms with Crippen molar-refractivity contribution in [1.82, 2.24) is 10.1 Å². The maximum absolute atomic E-state index is 5.87. The third kappa shape index (κ3) is 4.51. The van der Waals surface area contributed by atoms with Gasteiger partial charge in [-0.3, -0.25) is 0 Å². The fraction of sp³-hybridized carbons (Fsp3) is 0.200. The molecule has 0 fully saturated rings. The van der Waals surface area contributed by atoms with Gasteiger partial charge in [0.05, 0.1) is 0 Å². The molecule has 0 aliphatic heterocycles. The van der Waals surface area contributed by atoms with E-state index in [1.165, 1.54) is 5.56 Å². The molecule has 0 aliphatic carbocycles. The van der Waals surface area contributed by atoms with Crippen LogP contribution in [0.3, 0.4) is 0 Å². The number of aryl methyl sites for hydroxylation is 1. The fourth-order valence-corrected chi connectivity index (χ4v) is 3.14. The van der Waals surface area contributed by atoms with E-state index in [4.69, 9.17) is 9.26 Å². The van der Waals surface area contributed by atoms with E-state index in [-0.39, 0.29) is 5.60 Å². The van der Waals surface area contributed by atoms with E-state index in [9.17, 15) is 0 Å². The van der Waals surface area contributed by atoms with Gasteiger partial charge in [-0.2, -0.15) is 4.98 Å². The summed E-state index contributed by atoms with van der Waals surface area (Å²) in [5, 5.41) is 7.50. The Bertz CT molecular complexity index is 1130. The standard InChI is InChI=1S/C25H25N3O2/c1-17-23(27-21-11-8-12-22(26-21)29-25(2,3)4)24(30-28-17)20-15-13-19(14-16-20)18-9-6-5-7-10-18/h5-16H,1-4H3,(H,26,27). The molecule has 0 atom stereocenters. The zero-order valence-electron chi connectivity index (χ0n) is 17.6. The number of anilines is 2. The van der Waals surface area contributed by atoms with Gasteiger partial charge in [0.1, 0.15) is 22.8 Å². The average molecular weight is 399 g/mol. The molecule has 4 aromatic rings. The van der Waals surface area contributed by atoms with Crippen LogP contribution in [-0.2, 0) is 0 Å². The van der Waals surface area contributed by atoms with Gasteiger partial charge in [0, 0.05) is 11.6 Å². The minimum absolute atomic E-state index is 0.315. The molecule has 5 nitrogen and oxygen atoms in total. The topological polar surface area (TPSA) is 60.2 Å². The summed E-state index contributed by atoms with van der Waals surface area (Å²) in [6.07, 6.45) is 0. The van der Waals surface area contributed by atoms with Crippen LogP contribution < -0.4 is 10.1 Å². The van der Waals surface area contributed by atoms with Gasteiger partial charge in [0.25, 0.3) is 0 Å². The van der Waals surface area contributed by atoms with Crippen molar-refractivity contribution in [3.63, 3.8) is 0 Å². The summed E-state index contributed by atoms with van der Waals surface area (Å²) in [4.78, 5) is 4.56.